The van der Waals surface area contributed by atoms with Crippen molar-refractivity contribution in [3.05, 3.63) is 40.5 Å². The van der Waals surface area contributed by atoms with Crippen molar-refractivity contribution >= 4 is 0 Å². The number of rotatable bonds is 9. The standard InChI is InChI=1S/C21H34O/c1-7-10-11-13-19(12-8-2)21-16(4)15-20(22-14-9-3)17(5)18(21)6/h10-11,15,19H,7-9,12-14H2,1-6H3/b11-10-. The second-order valence-corrected chi connectivity index (χ2v) is 6.30. The number of aryl methyl sites for hydroxylation is 1. The van der Waals surface area contributed by atoms with Crippen molar-refractivity contribution in [2.24, 2.45) is 0 Å². The highest BCUT2D eigenvalue weighted by molar-refractivity contribution is 5.49. The molecule has 0 amide bonds. The second kappa shape index (κ2) is 9.71. The maximum absolute atomic E-state index is 5.93. The van der Waals surface area contributed by atoms with Crippen molar-refractivity contribution in [1.82, 2.24) is 0 Å². The Balaban J connectivity index is 3.14. The molecule has 1 aromatic rings. The molecule has 22 heavy (non-hydrogen) atoms. The molecule has 0 aliphatic rings. The fourth-order valence-electron chi connectivity index (χ4n) is 3.21. The van der Waals surface area contributed by atoms with E-state index in [1.807, 2.05) is 0 Å². The van der Waals surface area contributed by atoms with Gasteiger partial charge in [-0.25, -0.2) is 0 Å². The maximum Gasteiger partial charge on any atom is 0.122 e. The van der Waals surface area contributed by atoms with E-state index in [4.69, 9.17) is 4.74 Å². The van der Waals surface area contributed by atoms with Crippen LogP contribution in [0.1, 0.15) is 81.0 Å². The van der Waals surface area contributed by atoms with E-state index in [-0.39, 0.29) is 0 Å². The Labute approximate surface area is 137 Å². The number of hydrogen-bond donors (Lipinski definition) is 0. The van der Waals surface area contributed by atoms with Gasteiger partial charge in [0.05, 0.1) is 6.61 Å². The van der Waals surface area contributed by atoms with E-state index in [2.05, 4.69) is 59.8 Å². The van der Waals surface area contributed by atoms with E-state index >= 15 is 0 Å². The first kappa shape index (κ1) is 18.8. The lowest BCUT2D eigenvalue weighted by Gasteiger charge is -2.23. The molecule has 0 saturated carbocycles. The molecular weight excluding hydrogens is 268 g/mol. The normalized spacial score (nSPS) is 12.8. The zero-order valence-electron chi connectivity index (χ0n) is 15.5. The van der Waals surface area contributed by atoms with Gasteiger partial charge in [-0.15, -0.1) is 0 Å². The van der Waals surface area contributed by atoms with Crippen LogP contribution in [0.15, 0.2) is 18.2 Å². The molecule has 0 N–H and O–H groups in total. The average molecular weight is 303 g/mol. The van der Waals surface area contributed by atoms with Crippen LogP contribution < -0.4 is 4.74 Å². The molecule has 0 aliphatic carbocycles. The molecule has 0 aliphatic heterocycles. The molecule has 0 aromatic heterocycles. The minimum Gasteiger partial charge on any atom is -0.493 e. The molecule has 0 heterocycles. The average Bonchev–Trinajstić information content (AvgIpc) is 2.50. The summed E-state index contributed by atoms with van der Waals surface area (Å²) in [5.41, 5.74) is 5.67. The van der Waals surface area contributed by atoms with Gasteiger partial charge in [-0.3, -0.25) is 0 Å². The van der Waals surface area contributed by atoms with Gasteiger partial charge in [-0.05, 0) is 80.7 Å². The van der Waals surface area contributed by atoms with Crippen molar-refractivity contribution in [2.45, 2.75) is 79.6 Å². The molecule has 1 rings (SSSR count). The van der Waals surface area contributed by atoms with Crippen molar-refractivity contribution in [3.8, 4) is 5.75 Å². The van der Waals surface area contributed by atoms with E-state index in [0.29, 0.717) is 5.92 Å². The van der Waals surface area contributed by atoms with Gasteiger partial charge >= 0.3 is 0 Å². The van der Waals surface area contributed by atoms with Gasteiger partial charge in [0.25, 0.3) is 0 Å². The minimum atomic E-state index is 0.631. The summed E-state index contributed by atoms with van der Waals surface area (Å²) < 4.78 is 5.93. The molecule has 1 nitrogen and oxygen atoms in total. The Hall–Kier alpha value is -1.24. The maximum atomic E-state index is 5.93. The van der Waals surface area contributed by atoms with E-state index in [9.17, 15) is 0 Å². The fourth-order valence-corrected chi connectivity index (χ4v) is 3.21. The first-order chi connectivity index (χ1) is 10.6. The summed E-state index contributed by atoms with van der Waals surface area (Å²) in [4.78, 5) is 0. The lowest BCUT2D eigenvalue weighted by Crippen LogP contribution is -2.07. The first-order valence-electron chi connectivity index (χ1n) is 8.95. The Morgan fingerprint density at radius 2 is 1.73 bits per heavy atom. The fraction of sp³-hybridized carbons (Fsp3) is 0.619. The van der Waals surface area contributed by atoms with Crippen LogP contribution in [0.5, 0.6) is 5.75 Å². The van der Waals surface area contributed by atoms with Gasteiger partial charge in [0.2, 0.25) is 0 Å². The van der Waals surface area contributed by atoms with Gasteiger partial charge in [0.15, 0.2) is 0 Å². The lowest BCUT2D eigenvalue weighted by atomic mass is 9.83. The van der Waals surface area contributed by atoms with Crippen LogP contribution in [-0.4, -0.2) is 6.61 Å². The quantitative estimate of drug-likeness (QED) is 0.464. The monoisotopic (exact) mass is 302 g/mol. The van der Waals surface area contributed by atoms with E-state index < -0.39 is 0 Å². The number of allylic oxidation sites excluding steroid dienone is 2. The third-order valence-corrected chi connectivity index (χ3v) is 4.44. The third-order valence-electron chi connectivity index (χ3n) is 4.44. The zero-order valence-corrected chi connectivity index (χ0v) is 15.5. The molecule has 0 saturated heterocycles. The van der Waals surface area contributed by atoms with Crippen LogP contribution in [0.2, 0.25) is 0 Å². The Morgan fingerprint density at radius 1 is 1.00 bits per heavy atom. The van der Waals surface area contributed by atoms with Crippen LogP contribution in [0.3, 0.4) is 0 Å². The molecule has 1 aromatic carbocycles. The summed E-state index contributed by atoms with van der Waals surface area (Å²) in [5, 5.41) is 0. The SMILES string of the molecule is CC/C=C\CC(CCC)c1c(C)cc(OCCC)c(C)c1C. The van der Waals surface area contributed by atoms with Gasteiger partial charge in [-0.2, -0.15) is 0 Å². The Morgan fingerprint density at radius 3 is 2.32 bits per heavy atom. The van der Waals surface area contributed by atoms with Crippen LogP contribution in [-0.2, 0) is 0 Å². The van der Waals surface area contributed by atoms with E-state index in [1.165, 1.54) is 29.5 Å². The highest BCUT2D eigenvalue weighted by Gasteiger charge is 2.18. The van der Waals surface area contributed by atoms with Gasteiger partial charge in [0, 0.05) is 0 Å². The molecule has 0 radical (unpaired) electrons. The van der Waals surface area contributed by atoms with Crippen molar-refractivity contribution in [3.63, 3.8) is 0 Å². The molecule has 1 heteroatoms. The molecule has 1 atom stereocenters. The summed E-state index contributed by atoms with van der Waals surface area (Å²) >= 11 is 0. The highest BCUT2D eigenvalue weighted by atomic mass is 16.5. The number of hydrogen-bond acceptors (Lipinski definition) is 1. The molecule has 0 spiro atoms. The van der Waals surface area contributed by atoms with E-state index in [0.717, 1.165) is 31.6 Å². The number of benzene rings is 1. The van der Waals surface area contributed by atoms with Gasteiger partial charge < -0.3 is 4.74 Å². The van der Waals surface area contributed by atoms with Crippen LogP contribution in [0, 0.1) is 20.8 Å². The summed E-state index contributed by atoms with van der Waals surface area (Å²) in [5.74, 6) is 1.70. The second-order valence-electron chi connectivity index (χ2n) is 6.30. The number of ether oxygens (including phenoxy) is 1. The predicted molar refractivity (Wildman–Crippen MR) is 98.1 cm³/mol. The molecule has 0 bridgehead atoms. The molecule has 0 fully saturated rings. The smallest absolute Gasteiger partial charge is 0.122 e. The van der Waals surface area contributed by atoms with Crippen molar-refractivity contribution in [2.75, 3.05) is 6.61 Å². The molecule has 124 valence electrons. The summed E-state index contributed by atoms with van der Waals surface area (Å²) in [6.07, 6.45) is 10.5. The molecule has 1 unspecified atom stereocenters. The van der Waals surface area contributed by atoms with E-state index in [1.54, 1.807) is 5.56 Å². The minimum absolute atomic E-state index is 0.631. The lowest BCUT2D eigenvalue weighted by molar-refractivity contribution is 0.314. The van der Waals surface area contributed by atoms with Gasteiger partial charge in [-0.1, -0.05) is 39.3 Å². The van der Waals surface area contributed by atoms with Gasteiger partial charge in [0.1, 0.15) is 5.75 Å². The topological polar surface area (TPSA) is 9.23 Å². The Kier molecular flexibility index (Phi) is 8.30. The summed E-state index contributed by atoms with van der Waals surface area (Å²) in [6, 6.07) is 2.25. The van der Waals surface area contributed by atoms with Crippen molar-refractivity contribution in [1.29, 1.82) is 0 Å². The molecular formula is C21H34O. The third kappa shape index (κ3) is 4.90. The first-order valence-corrected chi connectivity index (χ1v) is 8.95. The summed E-state index contributed by atoms with van der Waals surface area (Å²) in [7, 11) is 0. The largest absolute Gasteiger partial charge is 0.493 e. The zero-order chi connectivity index (χ0) is 16.5. The Bertz CT molecular complexity index is 485. The highest BCUT2D eigenvalue weighted by Crippen LogP contribution is 2.36. The summed E-state index contributed by atoms with van der Waals surface area (Å²) in [6.45, 7) is 14.2. The predicted octanol–water partition coefficient (Wildman–Crippen LogP) is 6.64. The van der Waals surface area contributed by atoms with Crippen LogP contribution >= 0.6 is 0 Å². The van der Waals surface area contributed by atoms with Crippen molar-refractivity contribution < 1.29 is 4.74 Å². The van der Waals surface area contributed by atoms with Crippen LogP contribution in [0.25, 0.3) is 0 Å². The van der Waals surface area contributed by atoms with Crippen LogP contribution in [0.4, 0.5) is 0 Å².